The molecule has 24 heavy (non-hydrogen) atoms. The van der Waals surface area contributed by atoms with Gasteiger partial charge in [-0.25, -0.2) is 4.98 Å². The van der Waals surface area contributed by atoms with Gasteiger partial charge in [-0.3, -0.25) is 4.90 Å². The van der Waals surface area contributed by atoms with Crippen molar-refractivity contribution in [2.75, 3.05) is 44.7 Å². The van der Waals surface area contributed by atoms with Crippen molar-refractivity contribution < 1.29 is 4.52 Å². The van der Waals surface area contributed by atoms with Crippen LogP contribution >= 0.6 is 12.4 Å². The summed E-state index contributed by atoms with van der Waals surface area (Å²) in [6.45, 7) is 4.92. The third-order valence-corrected chi connectivity index (χ3v) is 4.67. The Hall–Kier alpha value is -1.70. The van der Waals surface area contributed by atoms with E-state index in [1.54, 1.807) is 0 Å². The van der Waals surface area contributed by atoms with Crippen LogP contribution in [-0.4, -0.2) is 59.8 Å². The van der Waals surface area contributed by atoms with Crippen molar-refractivity contribution in [1.29, 1.82) is 0 Å². The Bertz CT molecular complexity index is 672. The molecule has 2 fully saturated rings. The third-order valence-electron chi connectivity index (χ3n) is 4.67. The Morgan fingerprint density at radius 1 is 1.25 bits per heavy atom. The van der Waals surface area contributed by atoms with Crippen LogP contribution in [0.3, 0.4) is 0 Å². The number of pyridine rings is 1. The van der Waals surface area contributed by atoms with Crippen LogP contribution in [-0.2, 0) is 0 Å². The maximum Gasteiger partial charge on any atom is 0.261 e. The lowest BCUT2D eigenvalue weighted by Gasteiger charge is -2.30. The highest BCUT2D eigenvalue weighted by Gasteiger charge is 2.27. The molecule has 4 rings (SSSR count). The van der Waals surface area contributed by atoms with Crippen LogP contribution in [0.15, 0.2) is 22.9 Å². The summed E-state index contributed by atoms with van der Waals surface area (Å²) in [7, 11) is 2.10. The van der Waals surface area contributed by atoms with E-state index in [1.807, 2.05) is 18.3 Å². The highest BCUT2D eigenvalue weighted by molar-refractivity contribution is 5.85. The maximum atomic E-state index is 5.57. The monoisotopic (exact) mass is 350 g/mol. The SMILES string of the molecule is CN1CCNCC1c1noc(-c2cccnc2N2CCCC2)n1.Cl. The van der Waals surface area contributed by atoms with Crippen LogP contribution in [0, 0.1) is 0 Å². The molecule has 0 saturated carbocycles. The first kappa shape index (κ1) is 17.1. The topological polar surface area (TPSA) is 70.3 Å². The van der Waals surface area contributed by atoms with E-state index in [-0.39, 0.29) is 18.4 Å². The van der Waals surface area contributed by atoms with Crippen LogP contribution in [0.2, 0.25) is 0 Å². The van der Waals surface area contributed by atoms with Gasteiger partial charge >= 0.3 is 0 Å². The summed E-state index contributed by atoms with van der Waals surface area (Å²) in [5.74, 6) is 2.26. The number of anilines is 1. The average Bonchev–Trinajstić information content (AvgIpc) is 3.27. The van der Waals surface area contributed by atoms with Crippen molar-refractivity contribution in [3.8, 4) is 11.5 Å². The number of hydrogen-bond donors (Lipinski definition) is 1. The number of rotatable bonds is 3. The number of halogens is 1. The van der Waals surface area contributed by atoms with Gasteiger partial charge in [0.15, 0.2) is 5.82 Å². The summed E-state index contributed by atoms with van der Waals surface area (Å²) in [5, 5.41) is 7.61. The van der Waals surface area contributed by atoms with Crippen molar-refractivity contribution in [2.24, 2.45) is 0 Å². The lowest BCUT2D eigenvalue weighted by atomic mass is 10.2. The van der Waals surface area contributed by atoms with E-state index in [0.717, 1.165) is 49.9 Å². The molecule has 0 radical (unpaired) electrons. The quantitative estimate of drug-likeness (QED) is 0.903. The van der Waals surface area contributed by atoms with Gasteiger partial charge in [-0.2, -0.15) is 4.98 Å². The lowest BCUT2D eigenvalue weighted by molar-refractivity contribution is 0.190. The number of aromatic nitrogens is 3. The van der Waals surface area contributed by atoms with Crippen LogP contribution in [0.25, 0.3) is 11.5 Å². The largest absolute Gasteiger partial charge is 0.356 e. The molecule has 2 aromatic rings. The minimum atomic E-state index is 0. The zero-order valence-electron chi connectivity index (χ0n) is 13.8. The fraction of sp³-hybridized carbons (Fsp3) is 0.562. The van der Waals surface area contributed by atoms with Crippen molar-refractivity contribution in [3.63, 3.8) is 0 Å². The Kier molecular flexibility index (Phi) is 5.33. The molecule has 2 aliphatic heterocycles. The Labute approximate surface area is 147 Å². The van der Waals surface area contributed by atoms with Crippen LogP contribution in [0.5, 0.6) is 0 Å². The van der Waals surface area contributed by atoms with Gasteiger partial charge in [0.1, 0.15) is 5.82 Å². The molecule has 7 nitrogen and oxygen atoms in total. The lowest BCUT2D eigenvalue weighted by Crippen LogP contribution is -2.44. The van der Waals surface area contributed by atoms with E-state index >= 15 is 0 Å². The van der Waals surface area contributed by atoms with E-state index in [0.29, 0.717) is 5.89 Å². The predicted molar refractivity (Wildman–Crippen MR) is 94.5 cm³/mol. The summed E-state index contributed by atoms with van der Waals surface area (Å²) in [4.78, 5) is 13.8. The molecular weight excluding hydrogens is 328 g/mol. The van der Waals surface area contributed by atoms with Gasteiger partial charge in [-0.1, -0.05) is 5.16 Å². The Morgan fingerprint density at radius 3 is 2.88 bits per heavy atom. The molecule has 0 spiro atoms. The molecule has 1 N–H and O–H groups in total. The summed E-state index contributed by atoms with van der Waals surface area (Å²) in [6.07, 6.45) is 4.25. The fourth-order valence-corrected chi connectivity index (χ4v) is 3.32. The molecule has 0 aromatic carbocycles. The summed E-state index contributed by atoms with van der Waals surface area (Å²) in [5.41, 5.74) is 0.930. The molecule has 8 heteroatoms. The highest BCUT2D eigenvalue weighted by Crippen LogP contribution is 2.30. The second-order valence-corrected chi connectivity index (χ2v) is 6.23. The van der Waals surface area contributed by atoms with E-state index < -0.39 is 0 Å². The maximum absolute atomic E-state index is 5.57. The third kappa shape index (κ3) is 3.24. The fourth-order valence-electron chi connectivity index (χ4n) is 3.32. The van der Waals surface area contributed by atoms with Gasteiger partial charge in [0.05, 0.1) is 11.6 Å². The van der Waals surface area contributed by atoms with Gasteiger partial charge in [-0.15, -0.1) is 12.4 Å². The number of piperazine rings is 1. The summed E-state index contributed by atoms with van der Waals surface area (Å²) in [6, 6.07) is 4.10. The normalized spacial score (nSPS) is 21.7. The van der Waals surface area contributed by atoms with Crippen molar-refractivity contribution >= 4 is 18.2 Å². The van der Waals surface area contributed by atoms with Crippen molar-refractivity contribution in [2.45, 2.75) is 18.9 Å². The minimum absolute atomic E-state index is 0. The Morgan fingerprint density at radius 2 is 2.08 bits per heavy atom. The predicted octanol–water partition coefficient (Wildman–Crippen LogP) is 1.73. The first-order chi connectivity index (χ1) is 11.3. The van der Waals surface area contributed by atoms with Crippen LogP contribution < -0.4 is 10.2 Å². The second kappa shape index (κ2) is 7.46. The number of likely N-dealkylation sites (N-methyl/N-ethyl adjacent to an activating group) is 1. The summed E-state index contributed by atoms with van der Waals surface area (Å²) < 4.78 is 5.57. The van der Waals surface area contributed by atoms with E-state index in [4.69, 9.17) is 4.52 Å². The van der Waals surface area contributed by atoms with Gasteiger partial charge in [0.25, 0.3) is 5.89 Å². The first-order valence-corrected chi connectivity index (χ1v) is 8.28. The van der Waals surface area contributed by atoms with Gasteiger partial charge in [0.2, 0.25) is 0 Å². The highest BCUT2D eigenvalue weighted by atomic mass is 35.5. The van der Waals surface area contributed by atoms with Gasteiger partial charge in [-0.05, 0) is 32.0 Å². The Balaban J connectivity index is 0.00000169. The molecule has 2 saturated heterocycles. The first-order valence-electron chi connectivity index (χ1n) is 8.28. The number of hydrogen-bond acceptors (Lipinski definition) is 7. The average molecular weight is 351 g/mol. The van der Waals surface area contributed by atoms with Gasteiger partial charge < -0.3 is 14.7 Å². The molecule has 1 atom stereocenters. The molecule has 0 bridgehead atoms. The molecule has 0 amide bonds. The van der Waals surface area contributed by atoms with Crippen LogP contribution in [0.1, 0.15) is 24.7 Å². The van der Waals surface area contributed by atoms with E-state index in [9.17, 15) is 0 Å². The smallest absolute Gasteiger partial charge is 0.261 e. The number of nitrogens with one attached hydrogen (secondary N) is 1. The standard InChI is InChI=1S/C16H22N6O.ClH/c1-21-10-7-17-11-13(21)14-19-16(23-20-14)12-5-4-6-18-15(12)22-8-2-3-9-22;/h4-6,13,17H,2-3,7-11H2,1H3;1H. The van der Waals surface area contributed by atoms with Crippen molar-refractivity contribution in [1.82, 2.24) is 25.3 Å². The zero-order chi connectivity index (χ0) is 15.6. The molecule has 4 heterocycles. The minimum Gasteiger partial charge on any atom is -0.356 e. The molecule has 2 aromatic heterocycles. The molecule has 130 valence electrons. The van der Waals surface area contributed by atoms with Crippen molar-refractivity contribution in [3.05, 3.63) is 24.2 Å². The van der Waals surface area contributed by atoms with Crippen LogP contribution in [0.4, 0.5) is 5.82 Å². The van der Waals surface area contributed by atoms with Gasteiger partial charge in [0, 0.05) is 38.9 Å². The number of nitrogens with zero attached hydrogens (tertiary/aromatic N) is 5. The second-order valence-electron chi connectivity index (χ2n) is 6.23. The van der Waals surface area contributed by atoms with E-state index in [2.05, 4.69) is 37.3 Å². The molecule has 2 aliphatic rings. The zero-order valence-corrected chi connectivity index (χ0v) is 14.6. The van der Waals surface area contributed by atoms with E-state index in [1.165, 1.54) is 12.8 Å². The molecular formula is C16H23ClN6O. The molecule has 0 aliphatic carbocycles. The molecule has 1 unspecified atom stereocenters. The summed E-state index contributed by atoms with van der Waals surface area (Å²) >= 11 is 0.